The molecule has 0 N–H and O–H groups in total. The van der Waals surface area contributed by atoms with Crippen molar-refractivity contribution in [1.82, 2.24) is 0 Å². The van der Waals surface area contributed by atoms with E-state index in [1.807, 2.05) is 0 Å². The molecule has 0 saturated carbocycles. The highest BCUT2D eigenvalue weighted by molar-refractivity contribution is 7.62. The number of aryl methyl sites for hydroxylation is 4. The summed E-state index contributed by atoms with van der Waals surface area (Å²) in [4.78, 5) is 4.81. The first kappa shape index (κ1) is 54.8. The van der Waals surface area contributed by atoms with Gasteiger partial charge in [0.1, 0.15) is 0 Å². The molecule has 0 aliphatic rings. The molecule has 14 aromatic rings. The van der Waals surface area contributed by atoms with Crippen molar-refractivity contribution in [1.29, 1.82) is 0 Å². The van der Waals surface area contributed by atoms with Gasteiger partial charge < -0.3 is 9.80 Å². The lowest BCUT2D eigenvalue weighted by Gasteiger charge is -2.27. The zero-order chi connectivity index (χ0) is 58.1. The summed E-state index contributed by atoms with van der Waals surface area (Å²) in [6.07, 6.45) is 0. The van der Waals surface area contributed by atoms with Crippen LogP contribution in [-0.2, 0) is 0 Å². The zero-order valence-electron chi connectivity index (χ0n) is 48.7. The Hall–Kier alpha value is -9.08. The Morgan fingerprint density at radius 1 is 0.174 bits per heavy atom. The average molecular weight is 1180 g/mol. The zero-order valence-corrected chi connectivity index (χ0v) is 52.3. The van der Waals surface area contributed by atoms with Gasteiger partial charge in [0.05, 0.1) is 0 Å². The van der Waals surface area contributed by atoms with Gasteiger partial charge in [-0.1, -0.05) is 249 Å². The lowest BCUT2D eigenvalue weighted by molar-refractivity contribution is 1.28. The second-order valence-corrected chi connectivity index (χ2v) is 31.6. The number of hydrogen-bond acceptors (Lipinski definition) is 2. The Morgan fingerprint density at radius 3 is 0.535 bits per heavy atom. The van der Waals surface area contributed by atoms with Crippen LogP contribution in [0, 0.1) is 27.7 Å². The molecule has 4 unspecified atom stereocenters. The van der Waals surface area contributed by atoms with Gasteiger partial charge in [0, 0.05) is 55.3 Å². The molecular formula is C80H64N2P4. The minimum absolute atomic E-state index is 0.575. The largest absolute Gasteiger partial charge is 0.311 e. The predicted molar refractivity (Wildman–Crippen MR) is 378 cm³/mol. The predicted octanol–water partition coefficient (Wildman–Crippen LogP) is 26.1. The molecule has 0 amide bonds. The van der Waals surface area contributed by atoms with Gasteiger partial charge in [-0.3, -0.25) is 0 Å². The molecule has 4 heterocycles. The highest BCUT2D eigenvalue weighted by Gasteiger charge is 2.20. The number of rotatable bonds is 15. The van der Waals surface area contributed by atoms with Gasteiger partial charge in [0.25, 0.3) is 0 Å². The normalized spacial score (nSPS) is 12.1. The third-order valence-corrected chi connectivity index (χ3v) is 26.9. The Bertz CT molecular complexity index is 4040. The van der Waals surface area contributed by atoms with E-state index in [-0.39, 0.29) is 0 Å². The molecule has 0 saturated heterocycles. The van der Waals surface area contributed by atoms with Gasteiger partial charge in [-0.15, -0.1) is 0 Å². The van der Waals surface area contributed by atoms with Crippen LogP contribution in [-0.4, -0.2) is 0 Å². The van der Waals surface area contributed by atoms with Gasteiger partial charge >= 0.3 is 0 Å². The molecule has 10 aromatic carbocycles. The Morgan fingerprint density at radius 2 is 0.349 bits per heavy atom. The molecule has 0 fully saturated rings. The molecular weight excluding hydrogens is 1110 g/mol. The maximum absolute atomic E-state index is 2.40. The van der Waals surface area contributed by atoms with Crippen molar-refractivity contribution in [3.8, 4) is 75.8 Å². The van der Waals surface area contributed by atoms with Crippen LogP contribution >= 0.6 is 30.1 Å². The molecule has 0 aliphatic carbocycles. The van der Waals surface area contributed by atoms with E-state index < -0.39 is 30.1 Å². The molecule has 4 aromatic heterocycles. The molecule has 414 valence electrons. The molecule has 0 aliphatic heterocycles. The van der Waals surface area contributed by atoms with Crippen molar-refractivity contribution in [3.05, 3.63) is 337 Å². The van der Waals surface area contributed by atoms with E-state index in [1.165, 1.54) is 85.8 Å². The molecule has 6 heteroatoms. The minimum atomic E-state index is -0.575. The van der Waals surface area contributed by atoms with Crippen LogP contribution in [0.15, 0.2) is 315 Å². The van der Waals surface area contributed by atoms with Gasteiger partial charge in [0.15, 0.2) is 0 Å². The van der Waals surface area contributed by atoms with Crippen LogP contribution in [0.4, 0.5) is 34.1 Å². The molecule has 2 nitrogen and oxygen atoms in total. The summed E-state index contributed by atoms with van der Waals surface area (Å²) in [5.41, 5.74) is 14.0. The number of hydrogen-bond donors (Lipinski definition) is 0. The quantitative estimate of drug-likeness (QED) is 0.101. The lowest BCUT2D eigenvalue weighted by Crippen LogP contribution is -2.10. The van der Waals surface area contributed by atoms with Crippen LogP contribution in [0.1, 0.15) is 21.2 Å². The SMILES string of the molecule is Cc1ccc(-c2ccc(N(c3ccc(-c4ccc(N(c5ccc(-c6ccc(C)p6-c6ccccc6)cc5)c5ccc(-c6ccc(C)p6-c6ccccc6)cc5)cc4)cc3)c3ccc(-c4ccc(C)p4-c4ccccc4)cc3)cc2)p1-c1ccccc1. The molecule has 14 rings (SSSR count). The van der Waals surface area contributed by atoms with Crippen molar-refractivity contribution in [3.63, 3.8) is 0 Å². The molecule has 0 radical (unpaired) electrons. The van der Waals surface area contributed by atoms with E-state index >= 15 is 0 Å². The fourth-order valence-corrected chi connectivity index (χ4v) is 21.9. The topological polar surface area (TPSA) is 6.48 Å². The van der Waals surface area contributed by atoms with E-state index in [4.69, 9.17) is 0 Å². The van der Waals surface area contributed by atoms with Crippen LogP contribution in [0.3, 0.4) is 0 Å². The van der Waals surface area contributed by atoms with Crippen molar-refractivity contribution >= 4 is 64.3 Å². The summed E-state index contributed by atoms with van der Waals surface area (Å²) in [5.74, 6) is 0. The molecule has 4 atom stereocenters. The van der Waals surface area contributed by atoms with Gasteiger partial charge in [-0.05, 0) is 201 Å². The van der Waals surface area contributed by atoms with Crippen LogP contribution < -0.4 is 9.80 Å². The smallest absolute Gasteiger partial charge is 0.0462 e. The van der Waals surface area contributed by atoms with Crippen LogP contribution in [0.25, 0.3) is 75.8 Å². The highest BCUT2D eigenvalue weighted by atomic mass is 31.1. The van der Waals surface area contributed by atoms with Crippen molar-refractivity contribution in [2.24, 2.45) is 0 Å². The van der Waals surface area contributed by atoms with Crippen molar-refractivity contribution in [2.75, 3.05) is 9.80 Å². The lowest BCUT2D eigenvalue weighted by atomic mass is 10.0. The van der Waals surface area contributed by atoms with Crippen molar-refractivity contribution in [2.45, 2.75) is 27.7 Å². The molecule has 0 spiro atoms. The number of nitrogens with zero attached hydrogens (tertiary/aromatic N) is 2. The summed E-state index contributed by atoms with van der Waals surface area (Å²) < 4.78 is 0. The third-order valence-electron chi connectivity index (χ3n) is 16.6. The Kier molecular flexibility index (Phi) is 15.4. The number of benzene rings is 10. The Balaban J connectivity index is 0.800. The minimum Gasteiger partial charge on any atom is -0.311 e. The fourth-order valence-electron chi connectivity index (χ4n) is 12.4. The second-order valence-electron chi connectivity index (χ2n) is 22.1. The van der Waals surface area contributed by atoms with Gasteiger partial charge in [0.2, 0.25) is 0 Å². The van der Waals surface area contributed by atoms with E-state index in [0.717, 1.165) is 45.3 Å². The third kappa shape index (κ3) is 10.8. The monoisotopic (exact) mass is 1180 g/mol. The molecule has 0 bridgehead atoms. The van der Waals surface area contributed by atoms with Crippen LogP contribution in [0.2, 0.25) is 0 Å². The summed E-state index contributed by atoms with van der Waals surface area (Å²) in [6, 6.07) is 118. The van der Waals surface area contributed by atoms with E-state index in [0.29, 0.717) is 0 Å². The second kappa shape index (κ2) is 24.1. The number of anilines is 6. The summed E-state index contributed by atoms with van der Waals surface area (Å²) >= 11 is 0. The van der Waals surface area contributed by atoms with E-state index in [1.54, 1.807) is 0 Å². The van der Waals surface area contributed by atoms with Crippen LogP contribution in [0.5, 0.6) is 0 Å². The highest BCUT2D eigenvalue weighted by Crippen LogP contribution is 2.57. The van der Waals surface area contributed by atoms with E-state index in [9.17, 15) is 0 Å². The van der Waals surface area contributed by atoms with Gasteiger partial charge in [-0.2, -0.15) is 0 Å². The van der Waals surface area contributed by atoms with Crippen molar-refractivity contribution < 1.29 is 0 Å². The summed E-state index contributed by atoms with van der Waals surface area (Å²) in [7, 11) is -2.30. The Labute approximate surface area is 510 Å². The summed E-state index contributed by atoms with van der Waals surface area (Å²) in [5, 5.41) is 16.9. The average Bonchev–Trinajstić information content (AvgIpc) is 3.21. The maximum Gasteiger partial charge on any atom is 0.0462 e. The van der Waals surface area contributed by atoms with Gasteiger partial charge in [-0.25, -0.2) is 0 Å². The first-order chi connectivity index (χ1) is 42.3. The fraction of sp³-hybridized carbons (Fsp3) is 0.0500. The standard InChI is InChI=1S/C80H64N2P4/c1-57-25-53-77(83(57)73-17-9-5-10-18-73)63-33-45-69(46-34-63)81(70-47-35-64(36-48-70)78-54-26-58(2)84(78)74-19-11-6-12-20-74)67-41-29-61(30-42-67)62-31-43-68(44-32-62)82(71-49-37-65(38-50-71)79-55-27-59(3)85(79)75-21-13-7-14-22-75)72-51-39-66(40-52-72)80-56-28-60(4)86(80)76-23-15-8-16-24-76/h5-56H,1-4H3. The first-order valence-electron chi connectivity index (χ1n) is 29.5. The summed E-state index contributed by atoms with van der Waals surface area (Å²) in [6.45, 7) is 9.11. The van der Waals surface area contributed by atoms with E-state index in [2.05, 4.69) is 353 Å². The maximum atomic E-state index is 2.40. The molecule has 86 heavy (non-hydrogen) atoms. The first-order valence-corrected chi connectivity index (χ1v) is 34.9.